The number of carbonyl (C=O) groups is 3. The monoisotopic (exact) mass is 981 g/mol. The summed E-state index contributed by atoms with van der Waals surface area (Å²) in [4.78, 5) is 38.2. The van der Waals surface area contributed by atoms with Crippen LogP contribution in [0.2, 0.25) is 0 Å². The van der Waals surface area contributed by atoms with Gasteiger partial charge < -0.3 is 14.2 Å². The summed E-state index contributed by atoms with van der Waals surface area (Å²) in [6.07, 6.45) is 81.4. The van der Waals surface area contributed by atoms with Crippen LogP contribution in [0.15, 0.2) is 134 Å². The molecular formula is C65H104O6. The van der Waals surface area contributed by atoms with Gasteiger partial charge in [0, 0.05) is 19.3 Å². The molecule has 0 aromatic heterocycles. The first-order chi connectivity index (χ1) is 35.0. The molecule has 0 aliphatic rings. The fourth-order valence-electron chi connectivity index (χ4n) is 7.30. The van der Waals surface area contributed by atoms with Crippen LogP contribution in [0.4, 0.5) is 0 Å². The van der Waals surface area contributed by atoms with Gasteiger partial charge in [0.15, 0.2) is 6.10 Å². The molecule has 6 heteroatoms. The summed E-state index contributed by atoms with van der Waals surface area (Å²) in [5, 5.41) is 0. The Morgan fingerprint density at radius 1 is 0.296 bits per heavy atom. The number of carbonyl (C=O) groups excluding carboxylic acids is 3. The summed E-state index contributed by atoms with van der Waals surface area (Å²) in [5.74, 6) is -0.993. The maximum atomic E-state index is 12.9. The number of rotatable bonds is 50. The average molecular weight is 982 g/mol. The van der Waals surface area contributed by atoms with E-state index in [1.807, 2.05) is 0 Å². The van der Waals surface area contributed by atoms with Crippen LogP contribution in [0.3, 0.4) is 0 Å². The normalized spacial score (nSPS) is 13.1. The van der Waals surface area contributed by atoms with Crippen LogP contribution < -0.4 is 0 Å². The average Bonchev–Trinajstić information content (AvgIpc) is 3.37. The second-order valence-electron chi connectivity index (χ2n) is 18.5. The Hall–Kier alpha value is -4.45. The van der Waals surface area contributed by atoms with Gasteiger partial charge in [-0.2, -0.15) is 0 Å². The highest BCUT2D eigenvalue weighted by Crippen LogP contribution is 2.12. The maximum Gasteiger partial charge on any atom is 0.306 e. The van der Waals surface area contributed by atoms with Crippen molar-refractivity contribution in [3.8, 4) is 0 Å². The minimum absolute atomic E-state index is 0.114. The molecule has 0 N–H and O–H groups in total. The van der Waals surface area contributed by atoms with Crippen molar-refractivity contribution in [1.82, 2.24) is 0 Å². The van der Waals surface area contributed by atoms with Gasteiger partial charge >= 0.3 is 17.9 Å². The van der Waals surface area contributed by atoms with Crippen molar-refractivity contribution in [2.45, 2.75) is 245 Å². The molecule has 400 valence electrons. The van der Waals surface area contributed by atoms with Crippen LogP contribution in [-0.2, 0) is 28.6 Å². The zero-order valence-electron chi connectivity index (χ0n) is 45.7. The van der Waals surface area contributed by atoms with E-state index in [4.69, 9.17) is 14.2 Å². The van der Waals surface area contributed by atoms with E-state index in [0.29, 0.717) is 12.8 Å². The van der Waals surface area contributed by atoms with E-state index in [-0.39, 0.29) is 37.5 Å². The molecule has 0 aliphatic heterocycles. The zero-order chi connectivity index (χ0) is 51.4. The summed E-state index contributed by atoms with van der Waals surface area (Å²) in [7, 11) is 0. The van der Waals surface area contributed by atoms with Gasteiger partial charge in [-0.05, 0) is 141 Å². The molecule has 0 amide bonds. The lowest BCUT2D eigenvalue weighted by molar-refractivity contribution is -0.167. The second kappa shape index (κ2) is 58.1. The molecule has 0 fully saturated rings. The number of allylic oxidation sites excluding steroid dienone is 22. The van der Waals surface area contributed by atoms with Crippen molar-refractivity contribution in [3.63, 3.8) is 0 Å². The first-order valence-electron chi connectivity index (χ1n) is 28.7. The molecule has 0 saturated carbocycles. The number of hydrogen-bond donors (Lipinski definition) is 0. The van der Waals surface area contributed by atoms with Crippen molar-refractivity contribution in [1.29, 1.82) is 0 Å². The molecule has 0 heterocycles. The highest BCUT2D eigenvalue weighted by atomic mass is 16.6. The molecule has 0 saturated heterocycles. The number of unbranched alkanes of at least 4 members (excludes halogenated alkanes) is 17. The fraction of sp³-hybridized carbons (Fsp3) is 0.615. The smallest absolute Gasteiger partial charge is 0.306 e. The SMILES string of the molecule is CC/C=C/C/C=C/C/C=C/C/C=C/C/C=C/CCCCCC(=O)OC[C@@H](COC(=O)CCCCCC/C=C/C/C=C/C/C=C/CCCCC)OC(=O)CCCCCC/C=C/C/C=C/C/C=C/CCCCC. The summed E-state index contributed by atoms with van der Waals surface area (Å²) in [5.41, 5.74) is 0. The highest BCUT2D eigenvalue weighted by Gasteiger charge is 2.19. The summed E-state index contributed by atoms with van der Waals surface area (Å²) in [6, 6.07) is 0. The van der Waals surface area contributed by atoms with Gasteiger partial charge in [-0.1, -0.05) is 212 Å². The quantitative estimate of drug-likeness (QED) is 0.0262. The molecule has 6 nitrogen and oxygen atoms in total. The molecule has 0 aromatic carbocycles. The molecule has 0 aromatic rings. The number of esters is 3. The molecule has 0 rings (SSSR count). The van der Waals surface area contributed by atoms with Crippen molar-refractivity contribution in [2.24, 2.45) is 0 Å². The minimum atomic E-state index is -0.819. The highest BCUT2D eigenvalue weighted by molar-refractivity contribution is 5.71. The molecule has 0 spiro atoms. The predicted octanol–water partition coefficient (Wildman–Crippen LogP) is 19.4. The van der Waals surface area contributed by atoms with E-state index in [1.54, 1.807) is 0 Å². The largest absolute Gasteiger partial charge is 0.462 e. The van der Waals surface area contributed by atoms with Crippen LogP contribution in [0, 0.1) is 0 Å². The summed E-state index contributed by atoms with van der Waals surface area (Å²) in [6.45, 7) is 6.39. The van der Waals surface area contributed by atoms with Gasteiger partial charge in [-0.3, -0.25) is 14.4 Å². The Kier molecular flexibility index (Phi) is 54.5. The number of hydrogen-bond acceptors (Lipinski definition) is 6. The third kappa shape index (κ3) is 56.3. The molecule has 0 aliphatic carbocycles. The second-order valence-corrected chi connectivity index (χ2v) is 18.5. The lowest BCUT2D eigenvalue weighted by atomic mass is 10.1. The first-order valence-corrected chi connectivity index (χ1v) is 28.7. The lowest BCUT2D eigenvalue weighted by Gasteiger charge is -2.18. The topological polar surface area (TPSA) is 78.9 Å². The first kappa shape index (κ1) is 66.6. The summed E-state index contributed by atoms with van der Waals surface area (Å²) >= 11 is 0. The van der Waals surface area contributed by atoms with Crippen molar-refractivity contribution < 1.29 is 28.6 Å². The molecule has 0 unspecified atom stereocenters. The Labute approximate surface area is 436 Å². The van der Waals surface area contributed by atoms with Crippen LogP contribution in [0.1, 0.15) is 239 Å². The molecule has 71 heavy (non-hydrogen) atoms. The summed E-state index contributed by atoms with van der Waals surface area (Å²) < 4.78 is 16.8. The predicted molar refractivity (Wildman–Crippen MR) is 306 cm³/mol. The Bertz CT molecular complexity index is 1550. The van der Waals surface area contributed by atoms with E-state index in [2.05, 4.69) is 154 Å². The van der Waals surface area contributed by atoms with E-state index >= 15 is 0 Å². The maximum absolute atomic E-state index is 12.9. The molecule has 0 radical (unpaired) electrons. The zero-order valence-corrected chi connectivity index (χ0v) is 45.7. The van der Waals surface area contributed by atoms with Crippen LogP contribution in [0.25, 0.3) is 0 Å². The Balaban J connectivity index is 4.56. The van der Waals surface area contributed by atoms with Gasteiger partial charge in [-0.15, -0.1) is 0 Å². The van der Waals surface area contributed by atoms with Crippen molar-refractivity contribution >= 4 is 17.9 Å². The lowest BCUT2D eigenvalue weighted by Crippen LogP contribution is -2.30. The van der Waals surface area contributed by atoms with E-state index in [9.17, 15) is 14.4 Å². The van der Waals surface area contributed by atoms with Gasteiger partial charge in [0.1, 0.15) is 13.2 Å². The molecule has 0 bridgehead atoms. The third-order valence-corrected chi connectivity index (χ3v) is 11.6. The molecular weight excluding hydrogens is 877 g/mol. The fourth-order valence-corrected chi connectivity index (χ4v) is 7.30. The van der Waals surface area contributed by atoms with Crippen LogP contribution in [0.5, 0.6) is 0 Å². The van der Waals surface area contributed by atoms with Gasteiger partial charge in [-0.25, -0.2) is 0 Å². The third-order valence-electron chi connectivity index (χ3n) is 11.6. The number of ether oxygens (including phenoxy) is 3. The van der Waals surface area contributed by atoms with E-state index < -0.39 is 6.10 Å². The Morgan fingerprint density at radius 3 is 0.859 bits per heavy atom. The van der Waals surface area contributed by atoms with Crippen LogP contribution in [-0.4, -0.2) is 37.2 Å². The Morgan fingerprint density at radius 2 is 0.549 bits per heavy atom. The van der Waals surface area contributed by atoms with Crippen LogP contribution >= 0.6 is 0 Å². The van der Waals surface area contributed by atoms with Gasteiger partial charge in [0.2, 0.25) is 0 Å². The van der Waals surface area contributed by atoms with E-state index in [1.165, 1.54) is 51.4 Å². The van der Waals surface area contributed by atoms with Gasteiger partial charge in [0.05, 0.1) is 0 Å². The van der Waals surface area contributed by atoms with E-state index in [0.717, 1.165) is 148 Å². The van der Waals surface area contributed by atoms with Gasteiger partial charge in [0.25, 0.3) is 0 Å². The van der Waals surface area contributed by atoms with Crippen molar-refractivity contribution in [2.75, 3.05) is 13.2 Å². The molecule has 1 atom stereocenters. The minimum Gasteiger partial charge on any atom is -0.462 e. The standard InChI is InChI=1S/C65H104O6/c1-4-7-10-13-16-19-22-25-28-31-32-35-37-40-43-46-49-52-55-58-64(67)70-61-62(71-65(68)59-56-53-50-47-44-41-38-34-30-27-24-21-18-15-12-9-6-3)60-69-63(66)57-54-51-48-45-42-39-36-33-29-26-23-20-17-14-11-8-5-2/h7,10,16-21,25-30,32,35-36,38-41,43,62H,4-6,8-9,11-15,22-24,31,33-34,37,42,44-61H2,1-3H3/b10-7+,19-16+,20-17+,21-18+,28-25+,29-26+,30-27+,35-32+,39-36+,41-38+,43-40+/t62-/m1/s1. The van der Waals surface area contributed by atoms with Crippen molar-refractivity contribution in [3.05, 3.63) is 134 Å².